The molecule has 0 bridgehead atoms. The zero-order valence-corrected chi connectivity index (χ0v) is 12.9. The lowest BCUT2D eigenvalue weighted by Gasteiger charge is -2.13. The molecule has 0 saturated heterocycles. The minimum Gasteiger partial charge on any atom is -0.496 e. The van der Waals surface area contributed by atoms with E-state index in [0.717, 1.165) is 30.2 Å². The highest BCUT2D eigenvalue weighted by Gasteiger charge is 2.04. The number of aliphatic imine (C=N–C) groups is 1. The Morgan fingerprint density at radius 1 is 1.35 bits per heavy atom. The summed E-state index contributed by atoms with van der Waals surface area (Å²) in [6.45, 7) is 5.64. The molecule has 1 rings (SSSR count). The molecule has 0 aliphatic heterocycles. The fourth-order valence-electron chi connectivity index (χ4n) is 1.84. The molecule has 0 aliphatic rings. The van der Waals surface area contributed by atoms with E-state index in [1.807, 2.05) is 13.0 Å². The van der Waals surface area contributed by atoms with Crippen molar-refractivity contribution < 1.29 is 4.74 Å². The van der Waals surface area contributed by atoms with Gasteiger partial charge in [-0.15, -0.1) is 0 Å². The molecule has 110 valence electrons. The molecule has 2 N–H and O–H groups in total. The maximum absolute atomic E-state index is 5.40. The van der Waals surface area contributed by atoms with Crippen molar-refractivity contribution in [2.75, 3.05) is 20.7 Å². The van der Waals surface area contributed by atoms with Crippen LogP contribution >= 0.6 is 0 Å². The fourth-order valence-corrected chi connectivity index (χ4v) is 1.84. The van der Waals surface area contributed by atoms with Crippen LogP contribution in [0.2, 0.25) is 0 Å². The van der Waals surface area contributed by atoms with Crippen molar-refractivity contribution >= 4 is 5.96 Å². The number of aryl methyl sites for hydroxylation is 1. The Bertz CT molecular complexity index is 467. The zero-order valence-electron chi connectivity index (χ0n) is 12.9. The Kier molecular flexibility index (Phi) is 7.25. The summed E-state index contributed by atoms with van der Waals surface area (Å²) in [6.07, 6.45) is 5.17. The second-order valence-electron chi connectivity index (χ2n) is 4.53. The van der Waals surface area contributed by atoms with E-state index >= 15 is 0 Å². The molecule has 0 unspecified atom stereocenters. The van der Waals surface area contributed by atoms with Crippen molar-refractivity contribution in [1.82, 2.24) is 10.6 Å². The van der Waals surface area contributed by atoms with Gasteiger partial charge in [-0.3, -0.25) is 4.99 Å². The van der Waals surface area contributed by atoms with Crippen LogP contribution in [-0.2, 0) is 6.54 Å². The summed E-state index contributed by atoms with van der Waals surface area (Å²) in [5.41, 5.74) is 2.31. The van der Waals surface area contributed by atoms with Gasteiger partial charge in [-0.25, -0.2) is 0 Å². The maximum Gasteiger partial charge on any atom is 0.191 e. The van der Waals surface area contributed by atoms with Gasteiger partial charge in [-0.1, -0.05) is 24.3 Å². The Morgan fingerprint density at radius 3 is 2.80 bits per heavy atom. The average Bonchev–Trinajstić information content (AvgIpc) is 2.47. The van der Waals surface area contributed by atoms with Gasteiger partial charge in [0.25, 0.3) is 0 Å². The SMILES string of the molecule is C/C=C/CCNC(=NC)NCc1ccc(C)cc1OC. The molecule has 0 spiro atoms. The van der Waals surface area contributed by atoms with Gasteiger partial charge in [0.2, 0.25) is 0 Å². The summed E-state index contributed by atoms with van der Waals surface area (Å²) >= 11 is 0. The second kappa shape index (κ2) is 9.02. The van der Waals surface area contributed by atoms with Crippen molar-refractivity contribution in [2.24, 2.45) is 4.99 Å². The van der Waals surface area contributed by atoms with Crippen LogP contribution in [0.1, 0.15) is 24.5 Å². The highest BCUT2D eigenvalue weighted by Crippen LogP contribution is 2.19. The first kappa shape index (κ1) is 16.1. The maximum atomic E-state index is 5.40. The lowest BCUT2D eigenvalue weighted by Crippen LogP contribution is -2.37. The summed E-state index contributed by atoms with van der Waals surface area (Å²) in [5.74, 6) is 1.71. The lowest BCUT2D eigenvalue weighted by molar-refractivity contribution is 0.408. The van der Waals surface area contributed by atoms with Gasteiger partial charge in [0.05, 0.1) is 7.11 Å². The van der Waals surface area contributed by atoms with Gasteiger partial charge in [-0.2, -0.15) is 0 Å². The average molecular weight is 275 g/mol. The standard InChI is InChI=1S/C16H25N3O/c1-5-6-7-10-18-16(17-3)19-12-14-9-8-13(2)11-15(14)20-4/h5-6,8-9,11H,7,10,12H2,1-4H3,(H2,17,18,19)/b6-5+. The molecule has 0 heterocycles. The van der Waals surface area contributed by atoms with E-state index in [-0.39, 0.29) is 0 Å². The smallest absolute Gasteiger partial charge is 0.191 e. The van der Waals surface area contributed by atoms with Gasteiger partial charge in [0.1, 0.15) is 5.75 Å². The monoisotopic (exact) mass is 275 g/mol. The molecular weight excluding hydrogens is 250 g/mol. The summed E-state index contributed by atoms with van der Waals surface area (Å²) in [7, 11) is 3.47. The Labute approximate surface area is 121 Å². The minimum absolute atomic E-state index is 0.687. The summed E-state index contributed by atoms with van der Waals surface area (Å²) in [5, 5.41) is 6.56. The third-order valence-corrected chi connectivity index (χ3v) is 2.95. The number of guanidine groups is 1. The number of hydrogen-bond acceptors (Lipinski definition) is 2. The molecular formula is C16H25N3O. The van der Waals surface area contributed by atoms with E-state index in [9.17, 15) is 0 Å². The predicted octanol–water partition coefficient (Wildman–Crippen LogP) is 2.63. The molecule has 1 aromatic rings. The van der Waals surface area contributed by atoms with Crippen molar-refractivity contribution in [1.29, 1.82) is 0 Å². The number of nitrogens with zero attached hydrogens (tertiary/aromatic N) is 1. The van der Waals surface area contributed by atoms with E-state index < -0.39 is 0 Å². The Morgan fingerprint density at radius 2 is 2.15 bits per heavy atom. The van der Waals surface area contributed by atoms with E-state index in [4.69, 9.17) is 4.74 Å². The van der Waals surface area contributed by atoms with E-state index in [1.54, 1.807) is 14.2 Å². The number of allylic oxidation sites excluding steroid dienone is 1. The molecule has 0 aromatic heterocycles. The summed E-state index contributed by atoms with van der Waals surface area (Å²) < 4.78 is 5.40. The van der Waals surface area contributed by atoms with E-state index in [2.05, 4.69) is 46.8 Å². The highest BCUT2D eigenvalue weighted by atomic mass is 16.5. The molecule has 20 heavy (non-hydrogen) atoms. The van der Waals surface area contributed by atoms with Gasteiger partial charge in [0, 0.05) is 25.7 Å². The zero-order chi connectivity index (χ0) is 14.8. The van der Waals surface area contributed by atoms with Crippen LogP contribution in [0.15, 0.2) is 35.3 Å². The largest absolute Gasteiger partial charge is 0.496 e. The van der Waals surface area contributed by atoms with Crippen LogP contribution in [-0.4, -0.2) is 26.7 Å². The van der Waals surface area contributed by atoms with Crippen molar-refractivity contribution in [3.8, 4) is 5.75 Å². The molecule has 4 heteroatoms. The van der Waals surface area contributed by atoms with Crippen LogP contribution in [0.4, 0.5) is 0 Å². The summed E-state index contributed by atoms with van der Waals surface area (Å²) in [6, 6.07) is 6.20. The fraction of sp³-hybridized carbons (Fsp3) is 0.438. The number of benzene rings is 1. The Balaban J connectivity index is 2.52. The molecule has 0 aliphatic carbocycles. The third kappa shape index (κ3) is 5.34. The number of rotatable bonds is 6. The molecule has 0 fully saturated rings. The second-order valence-corrected chi connectivity index (χ2v) is 4.53. The number of ether oxygens (including phenoxy) is 1. The van der Waals surface area contributed by atoms with Crippen LogP contribution in [0, 0.1) is 6.92 Å². The van der Waals surface area contributed by atoms with Crippen LogP contribution in [0.25, 0.3) is 0 Å². The lowest BCUT2D eigenvalue weighted by atomic mass is 10.1. The van der Waals surface area contributed by atoms with Gasteiger partial charge < -0.3 is 15.4 Å². The van der Waals surface area contributed by atoms with Gasteiger partial charge in [-0.05, 0) is 31.9 Å². The van der Waals surface area contributed by atoms with Crippen molar-refractivity contribution in [2.45, 2.75) is 26.8 Å². The predicted molar refractivity (Wildman–Crippen MR) is 85.4 cm³/mol. The van der Waals surface area contributed by atoms with Gasteiger partial charge >= 0.3 is 0 Å². The van der Waals surface area contributed by atoms with E-state index in [1.165, 1.54) is 5.56 Å². The molecule has 0 radical (unpaired) electrons. The third-order valence-electron chi connectivity index (χ3n) is 2.95. The minimum atomic E-state index is 0.687. The first-order chi connectivity index (χ1) is 9.71. The summed E-state index contributed by atoms with van der Waals surface area (Å²) in [4.78, 5) is 4.20. The van der Waals surface area contributed by atoms with E-state index in [0.29, 0.717) is 6.54 Å². The van der Waals surface area contributed by atoms with Crippen LogP contribution in [0.3, 0.4) is 0 Å². The van der Waals surface area contributed by atoms with Crippen molar-refractivity contribution in [3.05, 3.63) is 41.5 Å². The number of nitrogens with one attached hydrogen (secondary N) is 2. The van der Waals surface area contributed by atoms with Crippen molar-refractivity contribution in [3.63, 3.8) is 0 Å². The topological polar surface area (TPSA) is 45.7 Å². The normalized spacial score (nSPS) is 11.7. The number of hydrogen-bond donors (Lipinski definition) is 2. The molecule has 0 atom stereocenters. The van der Waals surface area contributed by atoms with Gasteiger partial charge in [0.15, 0.2) is 5.96 Å². The number of methoxy groups -OCH3 is 1. The molecule has 0 amide bonds. The molecule has 0 saturated carbocycles. The molecule has 4 nitrogen and oxygen atoms in total. The Hall–Kier alpha value is -1.97. The van der Waals surface area contributed by atoms with Crippen LogP contribution < -0.4 is 15.4 Å². The first-order valence-electron chi connectivity index (χ1n) is 6.90. The molecule has 1 aromatic carbocycles. The first-order valence-corrected chi connectivity index (χ1v) is 6.90. The highest BCUT2D eigenvalue weighted by molar-refractivity contribution is 5.79. The quantitative estimate of drug-likeness (QED) is 0.363. The van der Waals surface area contributed by atoms with Crippen LogP contribution in [0.5, 0.6) is 5.75 Å².